The number of hydrogen-bond donors (Lipinski definition) is 1. The van der Waals surface area contributed by atoms with Gasteiger partial charge in [0, 0.05) is 13.7 Å². The monoisotopic (exact) mass is 298 g/mol. The Morgan fingerprint density at radius 2 is 2.30 bits per heavy atom. The topological polar surface area (TPSA) is 52.0 Å². The normalized spacial score (nSPS) is 10.9. The molecule has 0 aliphatic rings. The maximum Gasteiger partial charge on any atom is 0.141 e. The molecule has 1 heterocycles. The first-order valence-electron chi connectivity index (χ1n) is 6.21. The lowest BCUT2D eigenvalue weighted by Gasteiger charge is -2.08. The van der Waals surface area contributed by atoms with E-state index in [0.717, 1.165) is 17.9 Å². The van der Waals surface area contributed by atoms with Gasteiger partial charge < -0.3 is 10.1 Å². The lowest BCUT2D eigenvalue weighted by atomic mass is 10.2. The first-order chi connectivity index (χ1) is 9.70. The molecule has 0 unspecified atom stereocenters. The van der Waals surface area contributed by atoms with Crippen LogP contribution in [-0.2, 0) is 17.8 Å². The quantitative estimate of drug-likeness (QED) is 0.793. The predicted molar refractivity (Wildman–Crippen MR) is 74.1 cm³/mol. The summed E-state index contributed by atoms with van der Waals surface area (Å²) in [5.41, 5.74) is 0.875. The maximum atomic E-state index is 13.1. The number of ether oxygens (including phenoxy) is 1. The van der Waals surface area contributed by atoms with Gasteiger partial charge in [0.25, 0.3) is 0 Å². The zero-order valence-electron chi connectivity index (χ0n) is 11.1. The summed E-state index contributed by atoms with van der Waals surface area (Å²) in [5, 5.41) is 7.47. The Balaban J connectivity index is 1.99. The Labute approximate surface area is 121 Å². The van der Waals surface area contributed by atoms with Crippen molar-refractivity contribution in [2.75, 3.05) is 20.3 Å². The zero-order valence-corrected chi connectivity index (χ0v) is 11.9. The third kappa shape index (κ3) is 4.00. The molecule has 0 saturated carbocycles. The number of aromatic nitrogens is 3. The molecule has 0 fully saturated rings. The van der Waals surface area contributed by atoms with Gasteiger partial charge in [0.1, 0.15) is 18.0 Å². The zero-order chi connectivity index (χ0) is 14.4. The SMILES string of the molecule is COCCNCc1ncnn1Cc1ccc(F)c(Cl)c1. The van der Waals surface area contributed by atoms with E-state index in [4.69, 9.17) is 16.3 Å². The Morgan fingerprint density at radius 1 is 1.45 bits per heavy atom. The van der Waals surface area contributed by atoms with Crippen molar-refractivity contribution >= 4 is 11.6 Å². The van der Waals surface area contributed by atoms with Crippen molar-refractivity contribution in [1.82, 2.24) is 20.1 Å². The molecule has 0 aliphatic carbocycles. The van der Waals surface area contributed by atoms with Gasteiger partial charge in [-0.3, -0.25) is 0 Å². The van der Waals surface area contributed by atoms with Gasteiger partial charge in [0.2, 0.25) is 0 Å². The number of methoxy groups -OCH3 is 1. The molecule has 0 radical (unpaired) electrons. The molecule has 20 heavy (non-hydrogen) atoms. The molecule has 0 aliphatic heterocycles. The van der Waals surface area contributed by atoms with Crippen molar-refractivity contribution in [2.45, 2.75) is 13.1 Å². The van der Waals surface area contributed by atoms with Crippen molar-refractivity contribution in [3.63, 3.8) is 0 Å². The fraction of sp³-hybridized carbons (Fsp3) is 0.385. The van der Waals surface area contributed by atoms with Crippen LogP contribution in [0.3, 0.4) is 0 Å². The highest BCUT2D eigenvalue weighted by Crippen LogP contribution is 2.16. The third-order valence-corrected chi connectivity index (χ3v) is 3.07. The van der Waals surface area contributed by atoms with Crippen molar-refractivity contribution in [3.8, 4) is 0 Å². The molecule has 1 aromatic heterocycles. The van der Waals surface area contributed by atoms with Gasteiger partial charge >= 0.3 is 0 Å². The summed E-state index contributed by atoms with van der Waals surface area (Å²) in [6.45, 7) is 2.48. The molecule has 2 rings (SSSR count). The van der Waals surface area contributed by atoms with E-state index in [1.54, 1.807) is 23.9 Å². The Kier molecular flexibility index (Phi) is 5.46. The second kappa shape index (κ2) is 7.33. The number of nitrogens with one attached hydrogen (secondary N) is 1. The number of benzene rings is 1. The molecule has 1 N–H and O–H groups in total. The van der Waals surface area contributed by atoms with Gasteiger partial charge in [0.05, 0.1) is 24.7 Å². The molecule has 0 spiro atoms. The predicted octanol–water partition coefficient (Wildman–Crippen LogP) is 1.85. The summed E-state index contributed by atoms with van der Waals surface area (Å²) >= 11 is 5.77. The summed E-state index contributed by atoms with van der Waals surface area (Å²) in [6.07, 6.45) is 1.50. The third-order valence-electron chi connectivity index (χ3n) is 2.78. The molecule has 0 amide bonds. The summed E-state index contributed by atoms with van der Waals surface area (Å²) in [6, 6.07) is 4.64. The van der Waals surface area contributed by atoms with Crippen LogP contribution >= 0.6 is 11.6 Å². The highest BCUT2D eigenvalue weighted by atomic mass is 35.5. The standard InChI is InChI=1S/C13H16ClFN4O/c1-20-5-4-16-7-13-17-9-18-19(13)8-10-2-3-12(15)11(14)6-10/h2-3,6,9,16H,4-5,7-8H2,1H3. The fourth-order valence-electron chi connectivity index (χ4n) is 1.74. The van der Waals surface area contributed by atoms with Crippen LogP contribution in [0, 0.1) is 5.82 Å². The molecule has 0 saturated heterocycles. The molecule has 0 atom stereocenters. The molecular formula is C13H16ClFN4O. The van der Waals surface area contributed by atoms with Crippen molar-refractivity contribution in [2.24, 2.45) is 0 Å². The minimum Gasteiger partial charge on any atom is -0.383 e. The van der Waals surface area contributed by atoms with E-state index in [2.05, 4.69) is 15.4 Å². The van der Waals surface area contributed by atoms with Gasteiger partial charge in [-0.25, -0.2) is 14.1 Å². The van der Waals surface area contributed by atoms with Crippen LogP contribution in [0.4, 0.5) is 4.39 Å². The van der Waals surface area contributed by atoms with E-state index >= 15 is 0 Å². The van der Waals surface area contributed by atoms with E-state index < -0.39 is 5.82 Å². The molecule has 0 bridgehead atoms. The minimum atomic E-state index is -0.421. The van der Waals surface area contributed by atoms with Gasteiger partial charge in [-0.15, -0.1) is 0 Å². The average molecular weight is 299 g/mol. The minimum absolute atomic E-state index is 0.113. The second-order valence-corrected chi connectivity index (χ2v) is 4.66. The molecular weight excluding hydrogens is 283 g/mol. The van der Waals surface area contributed by atoms with Crippen LogP contribution in [0.1, 0.15) is 11.4 Å². The number of halogens is 2. The smallest absolute Gasteiger partial charge is 0.141 e. The number of nitrogens with zero attached hydrogens (tertiary/aromatic N) is 3. The van der Waals surface area contributed by atoms with Crippen LogP contribution in [0.2, 0.25) is 5.02 Å². The van der Waals surface area contributed by atoms with E-state index in [0.29, 0.717) is 19.7 Å². The highest BCUT2D eigenvalue weighted by molar-refractivity contribution is 6.30. The van der Waals surface area contributed by atoms with E-state index in [-0.39, 0.29) is 5.02 Å². The lowest BCUT2D eigenvalue weighted by Crippen LogP contribution is -2.21. The van der Waals surface area contributed by atoms with Crippen LogP contribution in [0.5, 0.6) is 0 Å². The van der Waals surface area contributed by atoms with Crippen LogP contribution in [0.15, 0.2) is 24.5 Å². The van der Waals surface area contributed by atoms with Crippen LogP contribution in [0.25, 0.3) is 0 Å². The Morgan fingerprint density at radius 3 is 3.05 bits per heavy atom. The maximum absolute atomic E-state index is 13.1. The van der Waals surface area contributed by atoms with Crippen LogP contribution < -0.4 is 5.32 Å². The fourth-order valence-corrected chi connectivity index (χ4v) is 1.95. The lowest BCUT2D eigenvalue weighted by molar-refractivity contribution is 0.198. The van der Waals surface area contributed by atoms with E-state index in [1.165, 1.54) is 12.4 Å². The van der Waals surface area contributed by atoms with Gasteiger partial charge in [-0.05, 0) is 17.7 Å². The molecule has 1 aromatic carbocycles. The van der Waals surface area contributed by atoms with Crippen molar-refractivity contribution in [3.05, 3.63) is 46.8 Å². The summed E-state index contributed by atoms with van der Waals surface area (Å²) in [4.78, 5) is 4.19. The second-order valence-electron chi connectivity index (χ2n) is 4.25. The van der Waals surface area contributed by atoms with E-state index in [9.17, 15) is 4.39 Å². The first-order valence-corrected chi connectivity index (χ1v) is 6.58. The Hall–Kier alpha value is -1.50. The highest BCUT2D eigenvalue weighted by Gasteiger charge is 2.06. The van der Waals surface area contributed by atoms with Crippen LogP contribution in [-0.4, -0.2) is 35.0 Å². The summed E-state index contributed by atoms with van der Waals surface area (Å²) in [7, 11) is 1.66. The molecule has 5 nitrogen and oxygen atoms in total. The molecule has 7 heteroatoms. The van der Waals surface area contributed by atoms with Gasteiger partial charge in [-0.2, -0.15) is 5.10 Å². The first kappa shape index (κ1) is 14.9. The molecule has 108 valence electrons. The molecule has 2 aromatic rings. The summed E-state index contributed by atoms with van der Waals surface area (Å²) < 4.78 is 19.8. The van der Waals surface area contributed by atoms with Crippen molar-refractivity contribution < 1.29 is 9.13 Å². The number of hydrogen-bond acceptors (Lipinski definition) is 4. The average Bonchev–Trinajstić information content (AvgIpc) is 2.86. The van der Waals surface area contributed by atoms with Gasteiger partial charge in [-0.1, -0.05) is 17.7 Å². The van der Waals surface area contributed by atoms with Gasteiger partial charge in [0.15, 0.2) is 0 Å². The van der Waals surface area contributed by atoms with Crippen molar-refractivity contribution in [1.29, 1.82) is 0 Å². The largest absolute Gasteiger partial charge is 0.383 e. The Bertz CT molecular complexity index is 561. The summed E-state index contributed by atoms with van der Waals surface area (Å²) in [5.74, 6) is 0.386. The van der Waals surface area contributed by atoms with E-state index in [1.807, 2.05) is 0 Å². The number of rotatable bonds is 7.